The van der Waals surface area contributed by atoms with Crippen LogP contribution < -0.4 is 15.0 Å². The molecular weight excluding hydrogens is 348 g/mol. The van der Waals surface area contributed by atoms with Gasteiger partial charge in [-0.25, -0.2) is 4.98 Å². The topological polar surface area (TPSA) is 50.3 Å². The van der Waals surface area contributed by atoms with Crippen molar-refractivity contribution in [2.24, 2.45) is 0 Å². The number of ether oxygens (including phenoxy) is 1. The third-order valence-corrected chi connectivity index (χ3v) is 4.71. The summed E-state index contributed by atoms with van der Waals surface area (Å²) in [6.45, 7) is 6.98. The van der Waals surface area contributed by atoms with E-state index in [1.165, 1.54) is 11.3 Å². The molecule has 0 aliphatic carbocycles. The maximum absolute atomic E-state index is 5.92. The lowest BCUT2D eigenvalue weighted by Crippen LogP contribution is -2.26. The van der Waals surface area contributed by atoms with E-state index in [0.29, 0.717) is 0 Å². The number of nitrogens with zero attached hydrogens (tertiary/aromatic N) is 3. The van der Waals surface area contributed by atoms with Crippen molar-refractivity contribution in [2.45, 2.75) is 39.7 Å². The van der Waals surface area contributed by atoms with Crippen LogP contribution in [0.15, 0.2) is 54.6 Å². The molecule has 0 saturated heterocycles. The van der Waals surface area contributed by atoms with E-state index in [1.807, 2.05) is 51.1 Å². The van der Waals surface area contributed by atoms with Gasteiger partial charge in [-0.1, -0.05) is 30.3 Å². The Labute approximate surface area is 166 Å². The van der Waals surface area contributed by atoms with Gasteiger partial charge >= 0.3 is 0 Å². The minimum absolute atomic E-state index is 0.107. The van der Waals surface area contributed by atoms with Crippen LogP contribution in [0.5, 0.6) is 5.75 Å². The summed E-state index contributed by atoms with van der Waals surface area (Å²) in [6.07, 6.45) is 2.31. The van der Waals surface area contributed by atoms with Gasteiger partial charge in [0.2, 0.25) is 5.95 Å². The Hall–Kier alpha value is -3.08. The maximum atomic E-state index is 5.92. The Morgan fingerprint density at radius 3 is 2.68 bits per heavy atom. The van der Waals surface area contributed by atoms with Crippen molar-refractivity contribution in [3.8, 4) is 5.75 Å². The van der Waals surface area contributed by atoms with E-state index < -0.39 is 0 Å². The first-order chi connectivity index (χ1) is 13.6. The first-order valence-corrected chi connectivity index (χ1v) is 9.84. The van der Waals surface area contributed by atoms with Gasteiger partial charge < -0.3 is 15.0 Å². The van der Waals surface area contributed by atoms with Gasteiger partial charge in [-0.2, -0.15) is 4.98 Å². The smallest absolute Gasteiger partial charge is 0.232 e. The normalized spacial score (nSPS) is 13.4. The van der Waals surface area contributed by atoms with Crippen LogP contribution >= 0.6 is 0 Å². The summed E-state index contributed by atoms with van der Waals surface area (Å²) in [7, 11) is 0. The van der Waals surface area contributed by atoms with Crippen LogP contribution in [0.3, 0.4) is 0 Å². The van der Waals surface area contributed by atoms with Crippen LogP contribution in [-0.2, 0) is 6.42 Å². The van der Waals surface area contributed by atoms with Crippen LogP contribution in [0.4, 0.5) is 23.1 Å². The zero-order valence-corrected chi connectivity index (χ0v) is 16.6. The summed E-state index contributed by atoms with van der Waals surface area (Å²) in [6, 6.07) is 18.4. The molecule has 1 aliphatic rings. The number of aromatic nitrogens is 2. The van der Waals surface area contributed by atoms with Gasteiger partial charge in [0.15, 0.2) is 0 Å². The van der Waals surface area contributed by atoms with E-state index in [2.05, 4.69) is 34.5 Å². The lowest BCUT2D eigenvalue weighted by molar-refractivity contribution is 0.244. The summed E-state index contributed by atoms with van der Waals surface area (Å²) >= 11 is 0. The molecule has 1 aromatic heterocycles. The predicted molar refractivity (Wildman–Crippen MR) is 114 cm³/mol. The van der Waals surface area contributed by atoms with Crippen LogP contribution in [-0.4, -0.2) is 22.6 Å². The van der Waals surface area contributed by atoms with Crippen LogP contribution in [0.1, 0.15) is 31.5 Å². The molecule has 0 fully saturated rings. The molecule has 0 bridgehead atoms. The second-order valence-corrected chi connectivity index (χ2v) is 7.37. The van der Waals surface area contributed by atoms with Crippen LogP contribution in [0.25, 0.3) is 0 Å². The second-order valence-electron chi connectivity index (χ2n) is 7.37. The molecule has 0 saturated carbocycles. The summed E-state index contributed by atoms with van der Waals surface area (Å²) < 4.78 is 5.92. The molecule has 0 amide bonds. The number of rotatable bonds is 5. The molecule has 1 N–H and O–H groups in total. The monoisotopic (exact) mass is 374 g/mol. The van der Waals surface area contributed by atoms with Gasteiger partial charge in [0.1, 0.15) is 11.6 Å². The van der Waals surface area contributed by atoms with Crippen molar-refractivity contribution in [1.82, 2.24) is 9.97 Å². The summed E-state index contributed by atoms with van der Waals surface area (Å²) in [4.78, 5) is 11.7. The lowest BCUT2D eigenvalue weighted by atomic mass is 10.0. The molecule has 5 nitrogen and oxygen atoms in total. The molecule has 0 radical (unpaired) electrons. The van der Waals surface area contributed by atoms with E-state index in [4.69, 9.17) is 14.7 Å². The van der Waals surface area contributed by atoms with E-state index in [-0.39, 0.29) is 6.10 Å². The van der Waals surface area contributed by atoms with Crippen molar-refractivity contribution in [2.75, 3.05) is 16.8 Å². The number of hydrogen-bond acceptors (Lipinski definition) is 5. The van der Waals surface area contributed by atoms with Crippen molar-refractivity contribution in [1.29, 1.82) is 0 Å². The lowest BCUT2D eigenvalue weighted by Gasteiger charge is -2.29. The molecule has 28 heavy (non-hydrogen) atoms. The first-order valence-electron chi connectivity index (χ1n) is 9.84. The van der Waals surface area contributed by atoms with E-state index in [0.717, 1.165) is 48.3 Å². The summed E-state index contributed by atoms with van der Waals surface area (Å²) in [5.74, 6) is 2.32. The zero-order valence-electron chi connectivity index (χ0n) is 16.6. The Bertz CT molecular complexity index is 970. The highest BCUT2D eigenvalue weighted by molar-refractivity contribution is 5.67. The van der Waals surface area contributed by atoms with Crippen molar-refractivity contribution in [3.63, 3.8) is 0 Å². The van der Waals surface area contributed by atoms with E-state index in [1.54, 1.807) is 0 Å². The molecule has 1 aliphatic heterocycles. The van der Waals surface area contributed by atoms with E-state index in [9.17, 15) is 0 Å². The summed E-state index contributed by atoms with van der Waals surface area (Å²) in [5, 5.41) is 3.42. The third-order valence-electron chi connectivity index (χ3n) is 4.71. The van der Waals surface area contributed by atoms with Crippen molar-refractivity contribution >= 4 is 23.1 Å². The van der Waals surface area contributed by atoms with Crippen LogP contribution in [0.2, 0.25) is 0 Å². The predicted octanol–water partition coefficient (Wildman–Crippen LogP) is 5.40. The number of para-hydroxylation sites is 3. The van der Waals surface area contributed by atoms with Gasteiger partial charge in [-0.15, -0.1) is 0 Å². The molecule has 5 heteroatoms. The van der Waals surface area contributed by atoms with Gasteiger partial charge in [-0.3, -0.25) is 0 Å². The Kier molecular flexibility index (Phi) is 5.15. The quantitative estimate of drug-likeness (QED) is 0.648. The average Bonchev–Trinajstić information content (AvgIpc) is 2.68. The van der Waals surface area contributed by atoms with Gasteiger partial charge in [0.05, 0.1) is 11.8 Å². The number of fused-ring (bicyclic) bond motifs is 1. The minimum Gasteiger partial charge on any atom is -0.489 e. The number of benzene rings is 2. The minimum atomic E-state index is 0.107. The van der Waals surface area contributed by atoms with Gasteiger partial charge in [0, 0.05) is 24.0 Å². The molecule has 2 aromatic carbocycles. The number of hydrogen-bond donors (Lipinski definition) is 1. The second kappa shape index (κ2) is 7.89. The largest absolute Gasteiger partial charge is 0.489 e. The number of anilines is 4. The van der Waals surface area contributed by atoms with Gasteiger partial charge in [0.25, 0.3) is 0 Å². The Balaban J connectivity index is 1.66. The van der Waals surface area contributed by atoms with Crippen LogP contribution in [0, 0.1) is 6.92 Å². The highest BCUT2D eigenvalue weighted by Crippen LogP contribution is 2.33. The highest BCUT2D eigenvalue weighted by atomic mass is 16.5. The fourth-order valence-electron chi connectivity index (χ4n) is 3.54. The molecular formula is C23H26N4O. The highest BCUT2D eigenvalue weighted by Gasteiger charge is 2.20. The zero-order chi connectivity index (χ0) is 19.5. The summed E-state index contributed by atoms with van der Waals surface area (Å²) in [5.41, 5.74) is 4.38. The fraction of sp³-hybridized carbons (Fsp3) is 0.304. The molecule has 0 atom stereocenters. The van der Waals surface area contributed by atoms with E-state index >= 15 is 0 Å². The molecule has 0 unspecified atom stereocenters. The van der Waals surface area contributed by atoms with Gasteiger partial charge in [-0.05, 0) is 57.4 Å². The SMILES string of the molecule is Cc1cc(Nc2ccccc2OC(C)C)nc(N2CCCc3ccccc32)n1. The Morgan fingerprint density at radius 1 is 1.04 bits per heavy atom. The molecule has 2 heterocycles. The van der Waals surface area contributed by atoms with Crippen molar-refractivity contribution in [3.05, 3.63) is 65.9 Å². The number of nitrogens with one attached hydrogen (secondary N) is 1. The van der Waals surface area contributed by atoms with Crippen molar-refractivity contribution < 1.29 is 4.74 Å². The number of aryl methyl sites for hydroxylation is 2. The molecule has 3 aromatic rings. The Morgan fingerprint density at radius 2 is 1.82 bits per heavy atom. The molecule has 0 spiro atoms. The third kappa shape index (κ3) is 3.93. The fourth-order valence-corrected chi connectivity index (χ4v) is 3.54. The first kappa shape index (κ1) is 18.3. The average molecular weight is 374 g/mol. The molecule has 4 rings (SSSR count). The molecule has 144 valence electrons. The standard InChI is InChI=1S/C23H26N4O/c1-16(2)28-21-13-7-5-11-19(21)25-22-15-17(3)24-23(26-22)27-14-8-10-18-9-4-6-12-20(18)27/h4-7,9,11-13,15-16H,8,10,14H2,1-3H3,(H,24,25,26). The maximum Gasteiger partial charge on any atom is 0.232 e.